The summed E-state index contributed by atoms with van der Waals surface area (Å²) in [7, 11) is -3.40. The molecule has 0 aromatic carbocycles. The lowest BCUT2D eigenvalue weighted by molar-refractivity contribution is 0.160. The largest absolute Gasteiger partial charge is 0.389 e. The van der Waals surface area contributed by atoms with E-state index in [4.69, 9.17) is 11.6 Å². The van der Waals surface area contributed by atoms with E-state index in [-0.39, 0.29) is 11.7 Å². The lowest BCUT2D eigenvalue weighted by Crippen LogP contribution is -2.40. The van der Waals surface area contributed by atoms with Crippen LogP contribution in [0.2, 0.25) is 0 Å². The van der Waals surface area contributed by atoms with Crippen molar-refractivity contribution in [3.8, 4) is 0 Å². The number of hydrogen-bond acceptors (Lipinski definition) is 3. The Kier molecular flexibility index (Phi) is 3.53. The van der Waals surface area contributed by atoms with E-state index in [1.807, 2.05) is 0 Å². The average Bonchev–Trinajstić information content (AvgIpc) is 2.85. The summed E-state index contributed by atoms with van der Waals surface area (Å²) < 4.78 is 21.4. The fourth-order valence-corrected chi connectivity index (χ4v) is 3.96. The molecule has 0 saturated heterocycles. The van der Waals surface area contributed by atoms with Gasteiger partial charge in [0.15, 0.2) is 9.84 Å². The molecule has 0 bridgehead atoms. The zero-order valence-electron chi connectivity index (χ0n) is 7.20. The van der Waals surface area contributed by atoms with Gasteiger partial charge < -0.3 is 5.11 Å². The van der Waals surface area contributed by atoms with Crippen LogP contribution in [-0.4, -0.2) is 27.6 Å². The van der Waals surface area contributed by atoms with Crippen LogP contribution in [0.4, 0.5) is 0 Å². The maximum Gasteiger partial charge on any atom is 0.221 e. The Labute approximate surface area is 96.9 Å². The highest BCUT2D eigenvalue weighted by Gasteiger charge is 2.50. The fraction of sp³-hybridized carbons (Fsp3) is 1.00. The van der Waals surface area contributed by atoms with Gasteiger partial charge in [0, 0.05) is 0 Å². The first kappa shape index (κ1) is 12.0. The van der Waals surface area contributed by atoms with Gasteiger partial charge in [0.05, 0.1) is 11.9 Å². The first-order valence-corrected chi connectivity index (χ1v) is 7.22. The van der Waals surface area contributed by atoms with Crippen LogP contribution in [0.5, 0.6) is 0 Å². The Bertz CT molecular complexity index is 284. The van der Waals surface area contributed by atoms with E-state index in [0.29, 0.717) is 0 Å². The minimum Gasteiger partial charge on any atom is -0.389 e. The predicted octanol–water partition coefficient (Wildman–Crippen LogP) is 1.52. The predicted molar refractivity (Wildman–Crippen MR) is 60.8 cm³/mol. The molecule has 78 valence electrons. The van der Waals surface area contributed by atoms with Crippen LogP contribution < -0.4 is 0 Å². The first-order chi connectivity index (χ1) is 5.83. The molecule has 0 aliphatic heterocycles. The maximum atomic E-state index is 11.5. The molecule has 2 atom stereocenters. The molecule has 1 N–H and O–H groups in total. The minimum absolute atomic E-state index is 0.0385. The number of hydrogen-bond donors (Lipinski definition) is 1. The third-order valence-electron chi connectivity index (χ3n) is 2.21. The average molecular weight is 339 g/mol. The maximum absolute atomic E-state index is 11.5. The normalized spacial score (nSPS) is 25.2. The summed E-state index contributed by atoms with van der Waals surface area (Å²) in [6.45, 7) is 1.53. The van der Waals surface area contributed by atoms with Crippen molar-refractivity contribution in [3.05, 3.63) is 0 Å². The van der Waals surface area contributed by atoms with Crippen LogP contribution in [0.25, 0.3) is 0 Å². The summed E-state index contributed by atoms with van der Waals surface area (Å²) >= 11 is 7.49. The van der Waals surface area contributed by atoms with E-state index < -0.39 is 18.2 Å². The van der Waals surface area contributed by atoms with E-state index in [0.717, 1.165) is 12.8 Å². The summed E-state index contributed by atoms with van der Waals surface area (Å²) in [5.74, 6) is 0.0270. The number of aliphatic hydroxyl groups is 1. The molecule has 0 spiro atoms. The summed E-state index contributed by atoms with van der Waals surface area (Å²) in [6, 6.07) is 0. The third kappa shape index (κ3) is 2.30. The van der Waals surface area contributed by atoms with E-state index >= 15 is 0 Å². The van der Waals surface area contributed by atoms with Crippen molar-refractivity contribution in [3.63, 3.8) is 0 Å². The SMILES string of the molecule is CCS(=O)(=O)[C@@](Cl)(I)[C@H](O)C1CC1. The van der Waals surface area contributed by atoms with Gasteiger partial charge in [0.2, 0.25) is 2.21 Å². The standard InChI is InChI=1S/C7H12ClIO3S/c1-2-13(11,12)7(8,9)6(10)5-3-4-5/h5-6,10H,2-4H2,1H3/t6-,7+/m1/s1. The highest BCUT2D eigenvalue weighted by molar-refractivity contribution is 14.1. The molecule has 1 fully saturated rings. The molecule has 6 heteroatoms. The van der Waals surface area contributed by atoms with Gasteiger partial charge in [0.25, 0.3) is 0 Å². The molecule has 13 heavy (non-hydrogen) atoms. The van der Waals surface area contributed by atoms with Gasteiger partial charge in [-0.05, 0) is 41.4 Å². The van der Waals surface area contributed by atoms with Gasteiger partial charge >= 0.3 is 0 Å². The molecule has 1 rings (SSSR count). The third-order valence-corrected chi connectivity index (χ3v) is 7.62. The smallest absolute Gasteiger partial charge is 0.221 e. The number of aliphatic hydroxyl groups excluding tert-OH is 1. The van der Waals surface area contributed by atoms with E-state index in [9.17, 15) is 13.5 Å². The van der Waals surface area contributed by atoms with Crippen molar-refractivity contribution < 1.29 is 13.5 Å². The first-order valence-electron chi connectivity index (χ1n) is 4.11. The van der Waals surface area contributed by atoms with Gasteiger partial charge in [-0.2, -0.15) is 0 Å². The molecule has 0 heterocycles. The van der Waals surface area contributed by atoms with Crippen molar-refractivity contribution in [1.82, 2.24) is 0 Å². The van der Waals surface area contributed by atoms with Crippen LogP contribution in [0, 0.1) is 5.92 Å². The van der Waals surface area contributed by atoms with Crippen molar-refractivity contribution in [2.75, 3.05) is 5.75 Å². The molecule has 1 saturated carbocycles. The molecule has 1 aliphatic rings. The van der Waals surface area contributed by atoms with E-state index in [1.165, 1.54) is 6.92 Å². The van der Waals surface area contributed by atoms with Gasteiger partial charge in [0.1, 0.15) is 0 Å². The molecule has 0 amide bonds. The molecule has 0 unspecified atom stereocenters. The van der Waals surface area contributed by atoms with Crippen LogP contribution in [0.3, 0.4) is 0 Å². The fourth-order valence-electron chi connectivity index (χ4n) is 1.06. The molecular formula is C7H12ClIO3S. The van der Waals surface area contributed by atoms with Gasteiger partial charge in [-0.25, -0.2) is 8.42 Å². The number of rotatable bonds is 4. The molecular weight excluding hydrogens is 326 g/mol. The van der Waals surface area contributed by atoms with Crippen LogP contribution in [0.15, 0.2) is 0 Å². The molecule has 0 aromatic heterocycles. The van der Waals surface area contributed by atoms with Crippen molar-refractivity contribution in [2.24, 2.45) is 5.92 Å². The van der Waals surface area contributed by atoms with Crippen molar-refractivity contribution in [1.29, 1.82) is 0 Å². The second-order valence-electron chi connectivity index (χ2n) is 3.25. The van der Waals surface area contributed by atoms with Crippen LogP contribution in [-0.2, 0) is 9.84 Å². The molecule has 1 aliphatic carbocycles. The highest BCUT2D eigenvalue weighted by Crippen LogP contribution is 2.46. The quantitative estimate of drug-likeness (QED) is 0.624. The zero-order chi connectivity index (χ0) is 10.3. The van der Waals surface area contributed by atoms with Gasteiger partial charge in [-0.1, -0.05) is 18.5 Å². The van der Waals surface area contributed by atoms with E-state index in [2.05, 4.69) is 0 Å². The van der Waals surface area contributed by atoms with Crippen molar-refractivity contribution in [2.45, 2.75) is 28.1 Å². The lowest BCUT2D eigenvalue weighted by Gasteiger charge is -2.25. The highest BCUT2D eigenvalue weighted by atomic mass is 127. The van der Waals surface area contributed by atoms with E-state index in [1.54, 1.807) is 22.6 Å². The van der Waals surface area contributed by atoms with Crippen LogP contribution >= 0.6 is 34.2 Å². The minimum atomic E-state index is -3.40. The molecule has 0 radical (unpaired) electrons. The Morgan fingerprint density at radius 2 is 2.15 bits per heavy atom. The molecule has 0 aromatic rings. The second kappa shape index (κ2) is 3.83. The zero-order valence-corrected chi connectivity index (χ0v) is 10.9. The Morgan fingerprint density at radius 1 is 1.69 bits per heavy atom. The number of sulfone groups is 1. The van der Waals surface area contributed by atoms with Gasteiger partial charge in [-0.3, -0.25) is 0 Å². The summed E-state index contributed by atoms with van der Waals surface area (Å²) in [5, 5.41) is 9.66. The van der Waals surface area contributed by atoms with Gasteiger partial charge in [-0.15, -0.1) is 0 Å². The summed E-state index contributed by atoms with van der Waals surface area (Å²) in [4.78, 5) is 0. The number of alkyl halides is 2. The second-order valence-corrected chi connectivity index (χ2v) is 9.59. The Balaban J connectivity index is 2.85. The lowest BCUT2D eigenvalue weighted by atomic mass is 10.3. The van der Waals surface area contributed by atoms with Crippen LogP contribution in [0.1, 0.15) is 19.8 Å². The Hall–Kier alpha value is 0.930. The summed E-state index contributed by atoms with van der Waals surface area (Å²) in [6.07, 6.45) is 0.801. The van der Waals surface area contributed by atoms with Crippen molar-refractivity contribution >= 4 is 44.0 Å². The summed E-state index contributed by atoms with van der Waals surface area (Å²) in [5.41, 5.74) is 0. The number of halogens is 2. The monoisotopic (exact) mass is 338 g/mol. The Morgan fingerprint density at radius 3 is 2.46 bits per heavy atom. The molecule has 3 nitrogen and oxygen atoms in total. The topological polar surface area (TPSA) is 54.4 Å².